The zero-order chi connectivity index (χ0) is 25.2. The van der Waals surface area contributed by atoms with Gasteiger partial charge in [0, 0.05) is 50.6 Å². The Balaban J connectivity index is 1.46. The number of nitrogens with zero attached hydrogens (tertiary/aromatic N) is 4. The zero-order valence-electron chi connectivity index (χ0n) is 20.4. The third-order valence-electron chi connectivity index (χ3n) is 5.75. The second-order valence-corrected chi connectivity index (χ2v) is 11.1. The highest BCUT2D eigenvalue weighted by atomic mass is 32.2. The first-order valence-electron chi connectivity index (χ1n) is 11.5. The van der Waals surface area contributed by atoms with Crippen molar-refractivity contribution in [3.05, 3.63) is 53.9 Å². The smallest absolute Gasteiger partial charge is 0.257 e. The van der Waals surface area contributed by atoms with Crippen molar-refractivity contribution in [2.45, 2.75) is 25.7 Å². The fourth-order valence-electron chi connectivity index (χ4n) is 3.86. The first-order chi connectivity index (χ1) is 16.6. The maximum absolute atomic E-state index is 13.4. The van der Waals surface area contributed by atoms with Crippen LogP contribution in [0.1, 0.15) is 30.1 Å². The Kier molecular flexibility index (Phi) is 7.11. The van der Waals surface area contributed by atoms with Gasteiger partial charge in [0.25, 0.3) is 5.91 Å². The maximum atomic E-state index is 13.4. The fourth-order valence-corrected chi connectivity index (χ4v) is 4.50. The number of sulfone groups is 1. The summed E-state index contributed by atoms with van der Waals surface area (Å²) in [5, 5.41) is 7.91. The second kappa shape index (κ2) is 10.1. The van der Waals surface area contributed by atoms with Crippen LogP contribution in [0.3, 0.4) is 0 Å². The number of piperazine rings is 1. The number of anilines is 1. The SMILES string of the molecule is Cc1nnc(-c2ccc(N3CCN(C(=O)c4cc(S(C)(=O)=O)ccc4OCC(C)C)CC3)cc2)o1. The van der Waals surface area contributed by atoms with Crippen LogP contribution in [0.2, 0.25) is 0 Å². The van der Waals surface area contributed by atoms with E-state index in [0.717, 1.165) is 17.5 Å². The highest BCUT2D eigenvalue weighted by molar-refractivity contribution is 7.90. The molecule has 0 bridgehead atoms. The van der Waals surface area contributed by atoms with Crippen molar-refractivity contribution >= 4 is 21.4 Å². The van der Waals surface area contributed by atoms with E-state index < -0.39 is 9.84 Å². The Morgan fingerprint density at radius 2 is 1.74 bits per heavy atom. The zero-order valence-corrected chi connectivity index (χ0v) is 21.2. The van der Waals surface area contributed by atoms with Gasteiger partial charge in [-0.15, -0.1) is 10.2 Å². The third kappa shape index (κ3) is 5.82. The molecule has 0 saturated carbocycles. The van der Waals surface area contributed by atoms with E-state index in [1.54, 1.807) is 17.9 Å². The molecule has 0 spiro atoms. The summed E-state index contributed by atoms with van der Waals surface area (Å²) in [5.74, 6) is 1.45. The van der Waals surface area contributed by atoms with Gasteiger partial charge in [0.15, 0.2) is 9.84 Å². The van der Waals surface area contributed by atoms with Gasteiger partial charge in [-0.1, -0.05) is 13.8 Å². The van der Waals surface area contributed by atoms with Gasteiger partial charge >= 0.3 is 0 Å². The van der Waals surface area contributed by atoms with E-state index in [9.17, 15) is 13.2 Å². The van der Waals surface area contributed by atoms with E-state index in [1.165, 1.54) is 12.1 Å². The molecule has 35 heavy (non-hydrogen) atoms. The van der Waals surface area contributed by atoms with E-state index in [1.807, 2.05) is 38.1 Å². The van der Waals surface area contributed by atoms with Crippen LogP contribution in [0.5, 0.6) is 5.75 Å². The molecule has 1 fully saturated rings. The van der Waals surface area contributed by atoms with Crippen molar-refractivity contribution in [3.8, 4) is 17.2 Å². The Morgan fingerprint density at radius 3 is 2.31 bits per heavy atom. The lowest BCUT2D eigenvalue weighted by atomic mass is 10.1. The van der Waals surface area contributed by atoms with Gasteiger partial charge in [-0.3, -0.25) is 4.79 Å². The first-order valence-corrected chi connectivity index (χ1v) is 13.4. The number of benzene rings is 2. The number of hydrogen-bond donors (Lipinski definition) is 0. The van der Waals surface area contributed by atoms with Crippen LogP contribution in [-0.4, -0.2) is 68.5 Å². The van der Waals surface area contributed by atoms with Crippen LogP contribution < -0.4 is 9.64 Å². The van der Waals surface area contributed by atoms with Gasteiger partial charge in [-0.25, -0.2) is 8.42 Å². The number of hydrogen-bond acceptors (Lipinski definition) is 8. The predicted octanol–water partition coefficient (Wildman–Crippen LogP) is 3.45. The minimum Gasteiger partial charge on any atom is -0.492 e. The van der Waals surface area contributed by atoms with Crippen LogP contribution in [0.25, 0.3) is 11.5 Å². The Morgan fingerprint density at radius 1 is 1.06 bits per heavy atom. The van der Waals surface area contributed by atoms with Crippen molar-refractivity contribution in [3.63, 3.8) is 0 Å². The molecule has 2 heterocycles. The van der Waals surface area contributed by atoms with E-state index in [-0.39, 0.29) is 22.3 Å². The van der Waals surface area contributed by atoms with Gasteiger partial charge in [-0.2, -0.15) is 0 Å². The molecule has 1 aliphatic rings. The number of rotatable bonds is 7. The summed E-state index contributed by atoms with van der Waals surface area (Å²) in [7, 11) is -3.45. The lowest BCUT2D eigenvalue weighted by molar-refractivity contribution is 0.0741. The minimum atomic E-state index is -3.45. The molecule has 1 saturated heterocycles. The minimum absolute atomic E-state index is 0.105. The number of aryl methyl sites for hydroxylation is 1. The van der Waals surface area contributed by atoms with Gasteiger partial charge in [-0.05, 0) is 48.4 Å². The first kappa shape index (κ1) is 24.7. The topological polar surface area (TPSA) is 106 Å². The Hall–Kier alpha value is -3.40. The molecule has 4 rings (SSSR count). The molecule has 0 unspecified atom stereocenters. The lowest BCUT2D eigenvalue weighted by Gasteiger charge is -2.36. The second-order valence-electron chi connectivity index (χ2n) is 9.09. The molecular formula is C25H30N4O5S. The van der Waals surface area contributed by atoms with Gasteiger partial charge in [0.2, 0.25) is 11.8 Å². The summed E-state index contributed by atoms with van der Waals surface area (Å²) in [4.78, 5) is 17.5. The van der Waals surface area contributed by atoms with E-state index >= 15 is 0 Å². The van der Waals surface area contributed by atoms with Gasteiger partial charge in [0.1, 0.15) is 5.75 Å². The molecular weight excluding hydrogens is 468 g/mol. The standard InChI is InChI=1S/C25H30N4O5S/c1-17(2)16-33-23-10-9-21(35(4,31)32)15-22(23)25(30)29-13-11-28(12-14-29)20-7-5-19(6-8-20)24-27-26-18(3)34-24/h5-10,15,17H,11-14,16H2,1-4H3. The number of ether oxygens (including phenoxy) is 1. The molecule has 0 atom stereocenters. The molecule has 3 aromatic rings. The van der Waals surface area contributed by atoms with E-state index in [4.69, 9.17) is 9.15 Å². The van der Waals surface area contributed by atoms with E-state index in [0.29, 0.717) is 50.3 Å². The molecule has 1 aliphatic heterocycles. The summed E-state index contributed by atoms with van der Waals surface area (Å²) in [6.07, 6.45) is 1.13. The third-order valence-corrected chi connectivity index (χ3v) is 6.86. The van der Waals surface area contributed by atoms with Crippen molar-refractivity contribution in [1.82, 2.24) is 15.1 Å². The average molecular weight is 499 g/mol. The molecule has 2 aromatic carbocycles. The van der Waals surface area contributed by atoms with Crippen molar-refractivity contribution in [2.24, 2.45) is 5.92 Å². The average Bonchev–Trinajstić information content (AvgIpc) is 3.28. The molecule has 1 amide bonds. The van der Waals surface area contributed by atoms with Crippen molar-refractivity contribution in [1.29, 1.82) is 0 Å². The summed E-state index contributed by atoms with van der Waals surface area (Å²) in [6, 6.07) is 12.4. The normalized spacial score (nSPS) is 14.4. The van der Waals surface area contributed by atoms with Gasteiger partial charge < -0.3 is 19.0 Å². The van der Waals surface area contributed by atoms with Crippen LogP contribution in [-0.2, 0) is 9.84 Å². The maximum Gasteiger partial charge on any atom is 0.257 e. The summed E-state index contributed by atoms with van der Waals surface area (Å²) >= 11 is 0. The molecule has 0 radical (unpaired) electrons. The molecule has 0 N–H and O–H groups in total. The summed E-state index contributed by atoms with van der Waals surface area (Å²) < 4.78 is 35.5. The van der Waals surface area contributed by atoms with Crippen LogP contribution in [0, 0.1) is 12.8 Å². The molecule has 186 valence electrons. The monoisotopic (exact) mass is 498 g/mol. The number of aromatic nitrogens is 2. The quantitative estimate of drug-likeness (QED) is 0.488. The lowest BCUT2D eigenvalue weighted by Crippen LogP contribution is -2.48. The molecule has 0 aliphatic carbocycles. The van der Waals surface area contributed by atoms with Gasteiger partial charge in [0.05, 0.1) is 17.1 Å². The number of carbonyl (C=O) groups is 1. The molecule has 9 nitrogen and oxygen atoms in total. The highest BCUT2D eigenvalue weighted by Crippen LogP contribution is 2.27. The van der Waals surface area contributed by atoms with Crippen LogP contribution >= 0.6 is 0 Å². The summed E-state index contributed by atoms with van der Waals surface area (Å²) in [5.41, 5.74) is 2.17. The Labute approximate surface area is 205 Å². The molecule has 1 aromatic heterocycles. The Bertz CT molecular complexity index is 1290. The fraction of sp³-hybridized carbons (Fsp3) is 0.400. The molecule has 10 heteroatoms. The van der Waals surface area contributed by atoms with Crippen LogP contribution in [0.15, 0.2) is 51.8 Å². The highest BCUT2D eigenvalue weighted by Gasteiger charge is 2.26. The number of amides is 1. The van der Waals surface area contributed by atoms with Crippen molar-refractivity contribution < 1.29 is 22.4 Å². The van der Waals surface area contributed by atoms with Crippen LogP contribution in [0.4, 0.5) is 5.69 Å². The number of carbonyl (C=O) groups excluding carboxylic acids is 1. The van der Waals surface area contributed by atoms with Crippen molar-refractivity contribution in [2.75, 3.05) is 43.9 Å². The summed E-state index contributed by atoms with van der Waals surface area (Å²) in [6.45, 7) is 8.54. The van der Waals surface area contributed by atoms with E-state index in [2.05, 4.69) is 15.1 Å². The predicted molar refractivity (Wildman–Crippen MR) is 132 cm³/mol. The largest absolute Gasteiger partial charge is 0.492 e.